The number of aryl methyl sites for hydroxylation is 1. The Morgan fingerprint density at radius 1 is 1.60 bits per heavy atom. The summed E-state index contributed by atoms with van der Waals surface area (Å²) in [5.41, 5.74) is 0.706. The van der Waals surface area contributed by atoms with Crippen LogP contribution in [0, 0.1) is 0 Å². The minimum absolute atomic E-state index is 0.0129. The van der Waals surface area contributed by atoms with Crippen LogP contribution in [-0.4, -0.2) is 36.6 Å². The molecule has 2 rings (SSSR count). The zero-order chi connectivity index (χ0) is 10.8. The van der Waals surface area contributed by atoms with Crippen LogP contribution in [0.1, 0.15) is 0 Å². The second kappa shape index (κ2) is 3.85. The first-order valence-corrected chi connectivity index (χ1v) is 5.14. The number of thioether (sulfide) groups is 1. The summed E-state index contributed by atoms with van der Waals surface area (Å²) in [6.45, 7) is 0. The number of carboxylic acids is 1. The van der Waals surface area contributed by atoms with E-state index in [0.717, 1.165) is 5.39 Å². The third kappa shape index (κ3) is 1.91. The summed E-state index contributed by atoms with van der Waals surface area (Å²) in [4.78, 5) is 18.5. The van der Waals surface area contributed by atoms with Gasteiger partial charge in [0.2, 0.25) is 0 Å². The molecular weight excluding hydrogens is 216 g/mol. The fourth-order valence-electron chi connectivity index (χ4n) is 1.19. The molecule has 0 aliphatic rings. The summed E-state index contributed by atoms with van der Waals surface area (Å²) in [7, 11) is 1.78. The van der Waals surface area contributed by atoms with Crippen LogP contribution in [0.3, 0.4) is 0 Å². The van der Waals surface area contributed by atoms with Crippen LogP contribution in [0.15, 0.2) is 17.6 Å². The number of rotatable bonds is 3. The number of hydrogen-bond donors (Lipinski definition) is 1. The minimum atomic E-state index is -0.865. The van der Waals surface area contributed by atoms with Crippen molar-refractivity contribution in [3.05, 3.63) is 12.5 Å². The minimum Gasteiger partial charge on any atom is -0.481 e. The van der Waals surface area contributed by atoms with Crippen molar-refractivity contribution in [2.75, 3.05) is 5.75 Å². The summed E-state index contributed by atoms with van der Waals surface area (Å²) in [6, 6.07) is 0. The van der Waals surface area contributed by atoms with Crippen LogP contribution in [0.25, 0.3) is 11.0 Å². The van der Waals surface area contributed by atoms with E-state index in [9.17, 15) is 4.79 Å². The van der Waals surface area contributed by atoms with Gasteiger partial charge in [-0.3, -0.25) is 9.48 Å². The van der Waals surface area contributed by atoms with Crippen LogP contribution in [0.5, 0.6) is 0 Å². The van der Waals surface area contributed by atoms with E-state index in [0.29, 0.717) is 10.7 Å². The van der Waals surface area contributed by atoms with Gasteiger partial charge in [-0.1, -0.05) is 11.8 Å². The van der Waals surface area contributed by atoms with Crippen LogP contribution in [0.4, 0.5) is 0 Å². The lowest BCUT2D eigenvalue weighted by atomic mass is 10.4. The molecular formula is C8H8N4O2S. The summed E-state index contributed by atoms with van der Waals surface area (Å²) in [5.74, 6) is -0.878. The van der Waals surface area contributed by atoms with Crippen LogP contribution >= 0.6 is 11.8 Å². The molecule has 1 N–H and O–H groups in total. The highest BCUT2D eigenvalue weighted by Crippen LogP contribution is 2.23. The molecule has 0 aliphatic carbocycles. The molecule has 6 nitrogen and oxygen atoms in total. The Morgan fingerprint density at radius 2 is 2.40 bits per heavy atom. The molecule has 0 spiro atoms. The third-order valence-corrected chi connectivity index (χ3v) is 2.82. The lowest BCUT2D eigenvalue weighted by molar-refractivity contribution is -0.133. The first-order valence-electron chi connectivity index (χ1n) is 4.16. The van der Waals surface area contributed by atoms with Crippen molar-refractivity contribution in [1.82, 2.24) is 19.7 Å². The molecule has 78 valence electrons. The van der Waals surface area contributed by atoms with Gasteiger partial charge in [-0.05, 0) is 0 Å². The number of nitrogens with zero attached hydrogens (tertiary/aromatic N) is 4. The average Bonchev–Trinajstić information content (AvgIpc) is 2.58. The fraction of sp³-hybridized carbons (Fsp3) is 0.250. The van der Waals surface area contributed by atoms with Gasteiger partial charge in [0.1, 0.15) is 11.4 Å². The van der Waals surface area contributed by atoms with Gasteiger partial charge in [-0.2, -0.15) is 5.10 Å². The number of carbonyl (C=O) groups is 1. The van der Waals surface area contributed by atoms with Crippen molar-refractivity contribution in [2.45, 2.75) is 5.03 Å². The summed E-state index contributed by atoms with van der Waals surface area (Å²) >= 11 is 1.17. The highest BCUT2D eigenvalue weighted by Gasteiger charge is 2.09. The molecule has 0 radical (unpaired) electrons. The van der Waals surface area contributed by atoms with Crippen LogP contribution < -0.4 is 0 Å². The highest BCUT2D eigenvalue weighted by molar-refractivity contribution is 8.00. The molecule has 2 heterocycles. The van der Waals surface area contributed by atoms with E-state index in [1.165, 1.54) is 18.1 Å². The zero-order valence-electron chi connectivity index (χ0n) is 7.91. The van der Waals surface area contributed by atoms with Crippen molar-refractivity contribution in [2.24, 2.45) is 7.05 Å². The van der Waals surface area contributed by atoms with E-state index in [1.54, 1.807) is 17.9 Å². The summed E-state index contributed by atoms with van der Waals surface area (Å²) < 4.78 is 1.63. The normalized spacial score (nSPS) is 10.7. The monoisotopic (exact) mass is 224 g/mol. The largest absolute Gasteiger partial charge is 0.481 e. The number of carboxylic acid groups (broad SMARTS) is 1. The number of fused-ring (bicyclic) bond motifs is 1. The predicted molar refractivity (Wildman–Crippen MR) is 54.7 cm³/mol. The second-order valence-corrected chi connectivity index (χ2v) is 3.83. The van der Waals surface area contributed by atoms with E-state index in [4.69, 9.17) is 5.11 Å². The summed E-state index contributed by atoms with van der Waals surface area (Å²) in [6.07, 6.45) is 3.05. The molecule has 0 saturated carbocycles. The molecule has 2 aromatic heterocycles. The predicted octanol–water partition coefficient (Wildman–Crippen LogP) is 0.540. The van der Waals surface area contributed by atoms with Crippen molar-refractivity contribution in [1.29, 1.82) is 0 Å². The molecule has 0 fully saturated rings. The van der Waals surface area contributed by atoms with Crippen molar-refractivity contribution in [3.63, 3.8) is 0 Å². The van der Waals surface area contributed by atoms with E-state index in [1.807, 2.05) is 0 Å². The molecule has 0 amide bonds. The van der Waals surface area contributed by atoms with Gasteiger partial charge in [0.05, 0.1) is 17.3 Å². The number of hydrogen-bond acceptors (Lipinski definition) is 5. The zero-order valence-corrected chi connectivity index (χ0v) is 8.73. The maximum Gasteiger partial charge on any atom is 0.313 e. The van der Waals surface area contributed by atoms with Gasteiger partial charge in [-0.25, -0.2) is 9.97 Å². The van der Waals surface area contributed by atoms with Gasteiger partial charge in [-0.15, -0.1) is 0 Å². The lowest BCUT2D eigenvalue weighted by Gasteiger charge is -1.98. The van der Waals surface area contributed by atoms with E-state index in [2.05, 4.69) is 15.1 Å². The molecule has 2 aromatic rings. The molecule has 7 heteroatoms. The fourth-order valence-corrected chi connectivity index (χ4v) is 1.87. The standard InChI is InChI=1S/C8H8N4O2S/c1-12-7-5(2-11-12)8(10-4-9-7)15-3-6(13)14/h2,4H,3H2,1H3,(H,13,14). The Kier molecular flexibility index (Phi) is 2.55. The Balaban J connectivity index is 2.38. The number of aromatic nitrogens is 4. The second-order valence-electron chi connectivity index (χ2n) is 2.87. The van der Waals surface area contributed by atoms with Gasteiger partial charge >= 0.3 is 5.97 Å². The SMILES string of the molecule is Cn1ncc2c(SCC(=O)O)ncnc21. The van der Waals surface area contributed by atoms with Gasteiger partial charge in [0.15, 0.2) is 5.65 Å². The number of aliphatic carboxylic acids is 1. The van der Waals surface area contributed by atoms with Gasteiger partial charge < -0.3 is 5.11 Å². The Labute approximate surface area is 89.3 Å². The quantitative estimate of drug-likeness (QED) is 0.605. The van der Waals surface area contributed by atoms with Gasteiger partial charge in [0.25, 0.3) is 0 Å². The van der Waals surface area contributed by atoms with Crippen molar-refractivity contribution < 1.29 is 9.90 Å². The van der Waals surface area contributed by atoms with Crippen LogP contribution in [-0.2, 0) is 11.8 Å². The Hall–Kier alpha value is -1.63. The van der Waals surface area contributed by atoms with Crippen LogP contribution in [0.2, 0.25) is 0 Å². The van der Waals surface area contributed by atoms with Crippen molar-refractivity contribution in [3.8, 4) is 0 Å². The Bertz CT molecular complexity index is 510. The molecule has 0 aromatic carbocycles. The molecule has 0 bridgehead atoms. The third-order valence-electron chi connectivity index (χ3n) is 1.83. The van der Waals surface area contributed by atoms with Crippen molar-refractivity contribution >= 4 is 28.8 Å². The molecule has 0 aliphatic heterocycles. The summed E-state index contributed by atoms with van der Waals surface area (Å²) in [5, 5.41) is 14.0. The smallest absolute Gasteiger partial charge is 0.313 e. The van der Waals surface area contributed by atoms with E-state index < -0.39 is 5.97 Å². The Morgan fingerprint density at radius 3 is 3.13 bits per heavy atom. The maximum absolute atomic E-state index is 10.4. The first kappa shape index (κ1) is 9.91. The lowest BCUT2D eigenvalue weighted by Crippen LogP contribution is -1.99. The molecule has 0 unspecified atom stereocenters. The topological polar surface area (TPSA) is 80.9 Å². The van der Waals surface area contributed by atoms with E-state index in [-0.39, 0.29) is 5.75 Å². The molecule has 15 heavy (non-hydrogen) atoms. The van der Waals surface area contributed by atoms with E-state index >= 15 is 0 Å². The maximum atomic E-state index is 10.4. The first-order chi connectivity index (χ1) is 7.18. The highest BCUT2D eigenvalue weighted by atomic mass is 32.2. The molecule has 0 atom stereocenters. The molecule has 0 saturated heterocycles. The van der Waals surface area contributed by atoms with Gasteiger partial charge in [0, 0.05) is 7.05 Å². The average molecular weight is 224 g/mol.